The van der Waals surface area contributed by atoms with E-state index in [4.69, 9.17) is 4.42 Å². The summed E-state index contributed by atoms with van der Waals surface area (Å²) in [6.45, 7) is 10.6. The number of para-hydroxylation sites is 1. The molecule has 0 aliphatic rings. The Hall–Kier alpha value is -3.59. The number of hydrogen-bond donors (Lipinski definition) is 0. The predicted molar refractivity (Wildman–Crippen MR) is 136 cm³/mol. The molecule has 4 aromatic rings. The number of aryl methyl sites for hydroxylation is 5. The van der Waals surface area contributed by atoms with Gasteiger partial charge in [-0.3, -0.25) is 9.48 Å². The first-order valence-electron chi connectivity index (χ1n) is 11.3. The van der Waals surface area contributed by atoms with Crippen molar-refractivity contribution in [3.05, 3.63) is 92.5 Å². The van der Waals surface area contributed by atoms with Crippen LogP contribution >= 0.6 is 0 Å². The third kappa shape index (κ3) is 4.20. The summed E-state index contributed by atoms with van der Waals surface area (Å²) in [5, 5.41) is 0. The molecule has 0 aliphatic carbocycles. The highest BCUT2D eigenvalue weighted by Crippen LogP contribution is 2.31. The van der Waals surface area contributed by atoms with Crippen LogP contribution in [-0.2, 0) is 23.6 Å². The number of rotatable bonds is 6. The van der Waals surface area contributed by atoms with Crippen LogP contribution in [0.4, 0.5) is 5.69 Å². The Labute approximate surface area is 205 Å². The van der Waals surface area contributed by atoms with Crippen molar-refractivity contribution in [2.24, 2.45) is 7.05 Å². The van der Waals surface area contributed by atoms with Gasteiger partial charge in [0.25, 0.3) is 15.6 Å². The van der Waals surface area contributed by atoms with Crippen molar-refractivity contribution in [3.8, 4) is 5.69 Å². The lowest BCUT2D eigenvalue weighted by molar-refractivity contribution is 0.471. The van der Waals surface area contributed by atoms with E-state index in [0.717, 1.165) is 9.87 Å². The second-order valence-electron chi connectivity index (χ2n) is 8.90. The highest BCUT2D eigenvalue weighted by atomic mass is 32.2. The Morgan fingerprint density at radius 3 is 2.11 bits per heavy atom. The number of aromatic nitrogens is 3. The minimum atomic E-state index is -4.16. The van der Waals surface area contributed by atoms with Crippen LogP contribution in [0.15, 0.2) is 56.6 Å². The van der Waals surface area contributed by atoms with E-state index in [1.807, 2.05) is 37.3 Å². The minimum Gasteiger partial charge on any atom is -0.444 e. The molecule has 0 atom stereocenters. The summed E-state index contributed by atoms with van der Waals surface area (Å²) in [6, 6.07) is 12.8. The topological polar surface area (TPSA) is 90.3 Å². The van der Waals surface area contributed by atoms with Gasteiger partial charge in [0.2, 0.25) is 5.89 Å². The maximum atomic E-state index is 14.2. The smallest absolute Gasteiger partial charge is 0.296 e. The van der Waals surface area contributed by atoms with Crippen LogP contribution in [0.5, 0.6) is 0 Å². The number of nitrogens with zero attached hydrogens (tertiary/aromatic N) is 4. The molecule has 35 heavy (non-hydrogen) atoms. The molecule has 2 heterocycles. The van der Waals surface area contributed by atoms with Gasteiger partial charge in [0.1, 0.15) is 18.0 Å². The molecule has 0 bridgehead atoms. The molecule has 0 fully saturated rings. The summed E-state index contributed by atoms with van der Waals surface area (Å²) in [7, 11) is -2.42. The Morgan fingerprint density at radius 2 is 1.57 bits per heavy atom. The summed E-state index contributed by atoms with van der Waals surface area (Å²) in [6.07, 6.45) is 0. The van der Waals surface area contributed by atoms with Gasteiger partial charge in [-0.05, 0) is 64.8 Å². The molecule has 0 aliphatic heterocycles. The second-order valence-corrected chi connectivity index (χ2v) is 10.7. The first-order valence-corrected chi connectivity index (χ1v) is 12.7. The average Bonchev–Trinajstić information content (AvgIpc) is 3.20. The van der Waals surface area contributed by atoms with Crippen LogP contribution in [0.25, 0.3) is 5.69 Å². The van der Waals surface area contributed by atoms with Crippen molar-refractivity contribution in [1.29, 1.82) is 0 Å². The third-order valence-corrected chi connectivity index (χ3v) is 8.33. The van der Waals surface area contributed by atoms with Crippen molar-refractivity contribution in [2.75, 3.05) is 4.31 Å². The third-order valence-electron chi connectivity index (χ3n) is 6.28. The number of hydrogen-bond acceptors (Lipinski definition) is 5. The van der Waals surface area contributed by atoms with Crippen molar-refractivity contribution in [1.82, 2.24) is 14.3 Å². The summed E-state index contributed by atoms with van der Waals surface area (Å²) in [5.41, 5.74) is 3.63. The summed E-state index contributed by atoms with van der Waals surface area (Å²) in [5.74, 6) is 0.825. The van der Waals surface area contributed by atoms with Gasteiger partial charge in [-0.2, -0.15) is 0 Å². The van der Waals surface area contributed by atoms with Crippen LogP contribution in [-0.4, -0.2) is 22.8 Å². The van der Waals surface area contributed by atoms with Gasteiger partial charge in [-0.1, -0.05) is 35.9 Å². The van der Waals surface area contributed by atoms with E-state index in [0.29, 0.717) is 34.0 Å². The highest BCUT2D eigenvalue weighted by molar-refractivity contribution is 7.92. The molecule has 0 unspecified atom stereocenters. The van der Waals surface area contributed by atoms with Crippen molar-refractivity contribution < 1.29 is 12.8 Å². The Bertz CT molecular complexity index is 1530. The highest BCUT2D eigenvalue weighted by Gasteiger charge is 2.35. The van der Waals surface area contributed by atoms with Crippen LogP contribution in [0, 0.1) is 41.5 Å². The lowest BCUT2D eigenvalue weighted by atomic mass is 10.1. The van der Waals surface area contributed by atoms with Crippen LogP contribution in [0.3, 0.4) is 0 Å². The van der Waals surface area contributed by atoms with E-state index in [-0.39, 0.29) is 23.0 Å². The summed E-state index contributed by atoms with van der Waals surface area (Å²) in [4.78, 5) is 18.4. The Balaban J connectivity index is 2.00. The molecular weight excluding hydrogens is 464 g/mol. The maximum absolute atomic E-state index is 14.2. The first kappa shape index (κ1) is 24.5. The van der Waals surface area contributed by atoms with Gasteiger partial charge in [0, 0.05) is 7.05 Å². The fourth-order valence-electron chi connectivity index (χ4n) is 4.54. The largest absolute Gasteiger partial charge is 0.444 e. The van der Waals surface area contributed by atoms with Crippen molar-refractivity contribution in [3.63, 3.8) is 0 Å². The molecule has 8 nitrogen and oxygen atoms in total. The van der Waals surface area contributed by atoms with Crippen molar-refractivity contribution >= 4 is 15.7 Å². The van der Waals surface area contributed by atoms with E-state index in [1.54, 1.807) is 58.5 Å². The molecule has 2 aromatic carbocycles. The van der Waals surface area contributed by atoms with Gasteiger partial charge in [0.15, 0.2) is 0 Å². The molecule has 0 saturated heterocycles. The standard InChI is InChI=1S/C26H30N4O4S/c1-16-13-17(2)25(18(3)14-16)35(32,33)29(15-23-27-19(4)21(6)34-23)24-20(5)28(7)30(26(24)31)22-11-9-8-10-12-22/h8-14H,15H2,1-7H3. The number of oxazole rings is 1. The fraction of sp³-hybridized carbons (Fsp3) is 0.308. The lowest BCUT2D eigenvalue weighted by Crippen LogP contribution is -2.35. The molecule has 4 rings (SSSR count). The van der Waals surface area contributed by atoms with Crippen LogP contribution in [0.2, 0.25) is 0 Å². The molecule has 0 amide bonds. The lowest BCUT2D eigenvalue weighted by Gasteiger charge is -2.24. The van der Waals surface area contributed by atoms with Gasteiger partial charge in [0.05, 0.1) is 22.0 Å². The van der Waals surface area contributed by atoms with Gasteiger partial charge in [-0.25, -0.2) is 22.4 Å². The van der Waals surface area contributed by atoms with Gasteiger partial charge < -0.3 is 4.42 Å². The summed E-state index contributed by atoms with van der Waals surface area (Å²) >= 11 is 0. The van der Waals surface area contributed by atoms with E-state index in [1.165, 1.54) is 4.68 Å². The fourth-order valence-corrected chi connectivity index (χ4v) is 6.42. The second kappa shape index (κ2) is 8.88. The van der Waals surface area contributed by atoms with Crippen LogP contribution < -0.4 is 9.86 Å². The van der Waals surface area contributed by atoms with E-state index >= 15 is 0 Å². The predicted octanol–water partition coefficient (Wildman–Crippen LogP) is 4.41. The van der Waals surface area contributed by atoms with E-state index < -0.39 is 15.6 Å². The maximum Gasteiger partial charge on any atom is 0.296 e. The summed E-state index contributed by atoms with van der Waals surface area (Å²) < 4.78 is 38.5. The number of anilines is 1. The minimum absolute atomic E-state index is 0.0595. The number of benzene rings is 2. The first-order chi connectivity index (χ1) is 16.4. The molecule has 0 spiro atoms. The average molecular weight is 495 g/mol. The van der Waals surface area contributed by atoms with Crippen molar-refractivity contribution in [2.45, 2.75) is 53.0 Å². The zero-order chi connectivity index (χ0) is 25.7. The molecule has 0 radical (unpaired) electrons. The van der Waals surface area contributed by atoms with Gasteiger partial charge >= 0.3 is 0 Å². The molecular formula is C26H30N4O4S. The molecule has 9 heteroatoms. The van der Waals surface area contributed by atoms with Gasteiger partial charge in [-0.15, -0.1) is 0 Å². The van der Waals surface area contributed by atoms with E-state index in [2.05, 4.69) is 4.98 Å². The van der Waals surface area contributed by atoms with E-state index in [9.17, 15) is 13.2 Å². The Morgan fingerprint density at radius 1 is 0.971 bits per heavy atom. The zero-order valence-corrected chi connectivity index (χ0v) is 21.9. The number of sulfonamides is 1. The Kier molecular flexibility index (Phi) is 6.23. The molecule has 0 N–H and O–H groups in total. The quantitative estimate of drug-likeness (QED) is 0.396. The molecule has 184 valence electrons. The van der Waals surface area contributed by atoms with Crippen LogP contribution in [0.1, 0.15) is 39.7 Å². The monoisotopic (exact) mass is 494 g/mol. The molecule has 0 saturated carbocycles. The molecule has 2 aromatic heterocycles. The normalized spacial score (nSPS) is 11.7. The SMILES string of the molecule is Cc1cc(C)c(S(=O)(=O)N(Cc2nc(C)c(C)o2)c2c(C)n(C)n(-c3ccccc3)c2=O)c(C)c1. The zero-order valence-electron chi connectivity index (χ0n) is 21.1.